The van der Waals surface area contributed by atoms with Crippen LogP contribution in [0.2, 0.25) is 10.0 Å². The number of ether oxygens (including phenoxy) is 1. The zero-order chi connectivity index (χ0) is 13.5. The van der Waals surface area contributed by atoms with Gasteiger partial charge in [-0.15, -0.1) is 0 Å². The van der Waals surface area contributed by atoms with Gasteiger partial charge in [0.1, 0.15) is 0 Å². The second kappa shape index (κ2) is 5.25. The summed E-state index contributed by atoms with van der Waals surface area (Å²) >= 11 is 12.2. The van der Waals surface area contributed by atoms with Gasteiger partial charge in [-0.1, -0.05) is 29.3 Å². The molecule has 0 spiro atoms. The van der Waals surface area contributed by atoms with Crippen molar-refractivity contribution in [3.63, 3.8) is 0 Å². The van der Waals surface area contributed by atoms with E-state index in [2.05, 4.69) is 11.4 Å². The molecule has 1 saturated carbocycles. The molecule has 1 aromatic carbocycles. The molecule has 3 atom stereocenters. The first-order chi connectivity index (χ1) is 9.20. The summed E-state index contributed by atoms with van der Waals surface area (Å²) in [7, 11) is 0. The molecule has 1 aromatic rings. The first kappa shape index (κ1) is 13.7. The normalized spacial score (nSPS) is 33.0. The van der Waals surface area contributed by atoms with Crippen molar-refractivity contribution < 1.29 is 4.74 Å². The highest BCUT2D eigenvalue weighted by Crippen LogP contribution is 2.62. The van der Waals surface area contributed by atoms with Crippen LogP contribution in [0.4, 0.5) is 0 Å². The summed E-state index contributed by atoms with van der Waals surface area (Å²) < 4.78 is 5.77. The smallest absolute Gasteiger partial charge is 0.0595 e. The lowest BCUT2D eigenvalue weighted by molar-refractivity contribution is 0.117. The van der Waals surface area contributed by atoms with E-state index in [1.54, 1.807) is 0 Å². The van der Waals surface area contributed by atoms with Crippen LogP contribution >= 0.6 is 23.2 Å². The Balaban J connectivity index is 1.93. The van der Waals surface area contributed by atoms with Gasteiger partial charge in [0.15, 0.2) is 0 Å². The minimum atomic E-state index is 0.147. The summed E-state index contributed by atoms with van der Waals surface area (Å²) in [6.07, 6.45) is 1.22. The van der Waals surface area contributed by atoms with Crippen LogP contribution in [0.1, 0.15) is 18.9 Å². The number of benzene rings is 1. The van der Waals surface area contributed by atoms with Crippen LogP contribution in [0.25, 0.3) is 0 Å². The SMILES string of the molecule is CCOC[C@@]1(c2ccc(Cl)c(Cl)c2)C2CNCC[C@H]21. The number of hydrogen-bond acceptors (Lipinski definition) is 2. The molecule has 0 radical (unpaired) electrons. The van der Waals surface area contributed by atoms with Gasteiger partial charge in [0.05, 0.1) is 16.7 Å². The maximum absolute atomic E-state index is 6.19. The Hall–Kier alpha value is -0.280. The highest BCUT2D eigenvalue weighted by atomic mass is 35.5. The third-order valence-corrected chi connectivity index (χ3v) is 5.44. The average molecular weight is 300 g/mol. The summed E-state index contributed by atoms with van der Waals surface area (Å²) in [5.74, 6) is 1.39. The zero-order valence-electron chi connectivity index (χ0n) is 11.1. The quantitative estimate of drug-likeness (QED) is 0.919. The molecule has 0 bridgehead atoms. The Morgan fingerprint density at radius 1 is 1.32 bits per heavy atom. The van der Waals surface area contributed by atoms with Crippen molar-refractivity contribution in [1.29, 1.82) is 0 Å². The first-order valence-electron chi connectivity index (χ1n) is 6.94. The number of nitrogens with one attached hydrogen (secondary N) is 1. The highest BCUT2D eigenvalue weighted by molar-refractivity contribution is 6.42. The van der Waals surface area contributed by atoms with Crippen molar-refractivity contribution in [2.75, 3.05) is 26.3 Å². The maximum Gasteiger partial charge on any atom is 0.0595 e. The second-order valence-electron chi connectivity index (χ2n) is 5.51. The molecule has 2 nitrogen and oxygen atoms in total. The minimum Gasteiger partial charge on any atom is -0.381 e. The Bertz CT molecular complexity index is 465. The van der Waals surface area contributed by atoms with Gasteiger partial charge in [-0.2, -0.15) is 0 Å². The average Bonchev–Trinajstić information content (AvgIpc) is 3.09. The van der Waals surface area contributed by atoms with Crippen molar-refractivity contribution in [3.8, 4) is 0 Å². The van der Waals surface area contributed by atoms with Gasteiger partial charge in [-0.25, -0.2) is 0 Å². The molecule has 0 amide bonds. The largest absolute Gasteiger partial charge is 0.381 e. The van der Waals surface area contributed by atoms with E-state index in [-0.39, 0.29) is 5.41 Å². The van der Waals surface area contributed by atoms with Crippen molar-refractivity contribution in [2.45, 2.75) is 18.8 Å². The molecular weight excluding hydrogens is 281 g/mol. The fourth-order valence-corrected chi connectivity index (χ4v) is 3.98. The summed E-state index contributed by atoms with van der Waals surface area (Å²) in [5.41, 5.74) is 1.43. The Labute approximate surface area is 124 Å². The predicted octanol–water partition coefficient (Wildman–Crippen LogP) is 3.51. The monoisotopic (exact) mass is 299 g/mol. The van der Waals surface area contributed by atoms with Crippen LogP contribution in [0.3, 0.4) is 0 Å². The second-order valence-corrected chi connectivity index (χ2v) is 6.33. The Morgan fingerprint density at radius 2 is 2.16 bits per heavy atom. The molecule has 4 heteroatoms. The van der Waals surface area contributed by atoms with E-state index in [9.17, 15) is 0 Å². The molecule has 1 N–H and O–H groups in total. The zero-order valence-corrected chi connectivity index (χ0v) is 12.6. The van der Waals surface area contributed by atoms with Crippen molar-refractivity contribution >= 4 is 23.2 Å². The number of rotatable bonds is 4. The summed E-state index contributed by atoms with van der Waals surface area (Å²) in [6.45, 7) is 5.79. The lowest BCUT2D eigenvalue weighted by Gasteiger charge is -2.19. The molecule has 2 aliphatic rings. The van der Waals surface area contributed by atoms with Crippen LogP contribution < -0.4 is 5.32 Å². The van der Waals surface area contributed by atoms with E-state index in [1.807, 2.05) is 19.1 Å². The molecule has 19 heavy (non-hydrogen) atoms. The lowest BCUT2D eigenvalue weighted by Crippen LogP contribution is -2.25. The Morgan fingerprint density at radius 3 is 2.79 bits per heavy atom. The molecule has 1 aliphatic heterocycles. The molecule has 1 saturated heterocycles. The van der Waals surface area contributed by atoms with Crippen LogP contribution in [0.5, 0.6) is 0 Å². The van der Waals surface area contributed by atoms with Crippen LogP contribution in [0, 0.1) is 11.8 Å². The number of fused-ring (bicyclic) bond motifs is 1. The van der Waals surface area contributed by atoms with E-state index < -0.39 is 0 Å². The third-order valence-electron chi connectivity index (χ3n) is 4.70. The van der Waals surface area contributed by atoms with Gasteiger partial charge in [-0.05, 0) is 56.0 Å². The van der Waals surface area contributed by atoms with Crippen molar-refractivity contribution in [1.82, 2.24) is 5.32 Å². The van der Waals surface area contributed by atoms with Crippen LogP contribution in [0.15, 0.2) is 18.2 Å². The van der Waals surface area contributed by atoms with Crippen LogP contribution in [-0.4, -0.2) is 26.3 Å². The van der Waals surface area contributed by atoms with Gasteiger partial charge in [-0.3, -0.25) is 0 Å². The fraction of sp³-hybridized carbons (Fsp3) is 0.600. The van der Waals surface area contributed by atoms with E-state index in [4.69, 9.17) is 27.9 Å². The van der Waals surface area contributed by atoms with Gasteiger partial charge in [0.25, 0.3) is 0 Å². The predicted molar refractivity (Wildman–Crippen MR) is 79.1 cm³/mol. The Kier molecular flexibility index (Phi) is 3.78. The third kappa shape index (κ3) is 2.19. The van der Waals surface area contributed by atoms with Gasteiger partial charge >= 0.3 is 0 Å². The van der Waals surface area contributed by atoms with E-state index >= 15 is 0 Å². The molecule has 0 aromatic heterocycles. The number of hydrogen-bond donors (Lipinski definition) is 1. The number of halogens is 2. The maximum atomic E-state index is 6.19. The fourth-order valence-electron chi connectivity index (χ4n) is 3.68. The number of piperidine rings is 1. The molecule has 3 rings (SSSR count). The highest BCUT2D eigenvalue weighted by Gasteiger charge is 2.65. The van der Waals surface area contributed by atoms with Gasteiger partial charge in [0, 0.05) is 12.0 Å². The summed E-state index contributed by atoms with van der Waals surface area (Å²) in [6, 6.07) is 6.05. The van der Waals surface area contributed by atoms with Crippen LogP contribution in [-0.2, 0) is 10.2 Å². The van der Waals surface area contributed by atoms with E-state index in [0.29, 0.717) is 16.0 Å². The molecule has 104 valence electrons. The molecule has 2 fully saturated rings. The van der Waals surface area contributed by atoms with Crippen molar-refractivity contribution in [2.24, 2.45) is 11.8 Å². The van der Waals surface area contributed by atoms with E-state index in [0.717, 1.165) is 32.2 Å². The first-order valence-corrected chi connectivity index (χ1v) is 7.69. The van der Waals surface area contributed by atoms with E-state index in [1.165, 1.54) is 12.0 Å². The lowest BCUT2D eigenvalue weighted by atomic mass is 9.92. The molecule has 1 aliphatic carbocycles. The summed E-state index contributed by atoms with van der Waals surface area (Å²) in [5, 5.41) is 4.76. The molecular formula is C15H19Cl2NO. The molecule has 1 unspecified atom stereocenters. The van der Waals surface area contributed by atoms with Gasteiger partial charge in [0.2, 0.25) is 0 Å². The minimum absolute atomic E-state index is 0.147. The standard InChI is InChI=1S/C15H19Cl2NO/c1-2-19-9-15(11-5-6-18-8-12(11)15)10-3-4-13(16)14(17)7-10/h3-4,7,11-12,18H,2,5-6,8-9H2,1H3/t11-,12?,15+/m1/s1. The topological polar surface area (TPSA) is 21.3 Å². The molecule has 1 heterocycles. The van der Waals surface area contributed by atoms with Gasteiger partial charge < -0.3 is 10.1 Å². The van der Waals surface area contributed by atoms with Crippen molar-refractivity contribution in [3.05, 3.63) is 33.8 Å². The summed E-state index contributed by atoms with van der Waals surface area (Å²) in [4.78, 5) is 0.